The van der Waals surface area contributed by atoms with Crippen molar-refractivity contribution in [3.8, 4) is 0 Å². The first-order valence-corrected chi connectivity index (χ1v) is 4.75. The number of nitrogens with one attached hydrogen (secondary N) is 1. The number of carbonyl (C=O) groups excluding carboxylic acids is 1. The topological polar surface area (TPSA) is 50.7 Å². The quantitative estimate of drug-likeness (QED) is 0.608. The van der Waals surface area contributed by atoms with E-state index in [0.717, 1.165) is 11.1 Å². The number of ether oxygens (including phenoxy) is 1. The number of hydrazone groups is 1. The maximum atomic E-state index is 10.9. The number of carbonyl (C=O) groups is 1. The zero-order chi connectivity index (χ0) is 11.1. The highest BCUT2D eigenvalue weighted by Crippen LogP contribution is 2.00. The van der Waals surface area contributed by atoms with Crippen molar-refractivity contribution >= 4 is 12.3 Å². The van der Waals surface area contributed by atoms with Crippen LogP contribution in [-0.4, -0.2) is 18.9 Å². The van der Waals surface area contributed by atoms with Crippen LogP contribution in [0, 0.1) is 6.92 Å². The van der Waals surface area contributed by atoms with E-state index in [1.807, 2.05) is 31.2 Å². The molecule has 0 aliphatic rings. The third-order valence-electron chi connectivity index (χ3n) is 1.69. The smallest absolute Gasteiger partial charge is 0.427 e. The second-order valence-electron chi connectivity index (χ2n) is 3.00. The summed E-state index contributed by atoms with van der Waals surface area (Å²) in [6.07, 6.45) is 1.03. The van der Waals surface area contributed by atoms with Crippen molar-refractivity contribution in [1.29, 1.82) is 0 Å². The summed E-state index contributed by atoms with van der Waals surface area (Å²) in [5.41, 5.74) is 4.34. The van der Waals surface area contributed by atoms with Gasteiger partial charge in [0, 0.05) is 0 Å². The fourth-order valence-electron chi connectivity index (χ4n) is 1.07. The number of amides is 1. The van der Waals surface area contributed by atoms with E-state index < -0.39 is 6.09 Å². The van der Waals surface area contributed by atoms with Gasteiger partial charge in [0.2, 0.25) is 0 Å². The Kier molecular flexibility index (Phi) is 4.34. The highest BCUT2D eigenvalue weighted by atomic mass is 16.5. The Morgan fingerprint density at radius 3 is 3.07 bits per heavy atom. The Balaban J connectivity index is 2.48. The molecule has 0 spiro atoms. The predicted octanol–water partition coefficient (Wildman–Crippen LogP) is 2.08. The molecule has 0 fully saturated rings. The molecule has 0 heterocycles. The molecule has 1 N–H and O–H groups in total. The summed E-state index contributed by atoms with van der Waals surface area (Å²) in [5.74, 6) is 0. The molecule has 15 heavy (non-hydrogen) atoms. The monoisotopic (exact) mass is 206 g/mol. The third kappa shape index (κ3) is 4.26. The molecule has 0 radical (unpaired) electrons. The number of hydrogen-bond donors (Lipinski definition) is 1. The van der Waals surface area contributed by atoms with Gasteiger partial charge in [0.05, 0.1) is 12.8 Å². The normalized spacial score (nSPS) is 10.3. The summed E-state index contributed by atoms with van der Waals surface area (Å²) in [4.78, 5) is 10.9. The van der Waals surface area contributed by atoms with Gasteiger partial charge < -0.3 is 4.74 Å². The molecule has 1 rings (SSSR count). The summed E-state index contributed by atoms with van der Waals surface area (Å²) in [6.45, 7) is 4.08. The highest BCUT2D eigenvalue weighted by molar-refractivity contribution is 5.81. The molecule has 0 aromatic heterocycles. The van der Waals surface area contributed by atoms with Gasteiger partial charge in [0.15, 0.2) is 0 Å². The van der Waals surface area contributed by atoms with Crippen LogP contribution in [0.5, 0.6) is 0 Å². The van der Waals surface area contributed by atoms with Crippen molar-refractivity contribution in [3.05, 3.63) is 35.4 Å². The number of benzene rings is 1. The Hall–Kier alpha value is -1.84. The summed E-state index contributed by atoms with van der Waals surface area (Å²) >= 11 is 0. The second kappa shape index (κ2) is 5.80. The van der Waals surface area contributed by atoms with E-state index in [1.54, 1.807) is 13.1 Å². The average Bonchev–Trinajstić information content (AvgIpc) is 2.18. The molecular weight excluding hydrogens is 192 g/mol. The molecule has 0 bridgehead atoms. The molecule has 0 saturated carbocycles. The van der Waals surface area contributed by atoms with Crippen molar-refractivity contribution in [2.45, 2.75) is 13.8 Å². The van der Waals surface area contributed by atoms with Gasteiger partial charge in [-0.3, -0.25) is 0 Å². The zero-order valence-corrected chi connectivity index (χ0v) is 8.86. The van der Waals surface area contributed by atoms with Crippen molar-refractivity contribution in [3.63, 3.8) is 0 Å². The average molecular weight is 206 g/mol. The van der Waals surface area contributed by atoms with Crippen molar-refractivity contribution < 1.29 is 9.53 Å². The predicted molar refractivity (Wildman–Crippen MR) is 58.9 cm³/mol. The van der Waals surface area contributed by atoms with Gasteiger partial charge in [0.1, 0.15) is 0 Å². The fourth-order valence-corrected chi connectivity index (χ4v) is 1.07. The molecule has 4 heteroatoms. The minimum Gasteiger partial charge on any atom is -0.449 e. The van der Waals surface area contributed by atoms with E-state index in [0.29, 0.717) is 6.61 Å². The zero-order valence-electron chi connectivity index (χ0n) is 8.86. The van der Waals surface area contributed by atoms with Gasteiger partial charge in [-0.15, -0.1) is 0 Å². The molecular formula is C11H14N2O2. The first-order valence-electron chi connectivity index (χ1n) is 4.75. The Morgan fingerprint density at radius 2 is 2.40 bits per heavy atom. The Bertz CT molecular complexity index is 361. The van der Waals surface area contributed by atoms with Crippen LogP contribution in [0.25, 0.3) is 0 Å². The van der Waals surface area contributed by atoms with E-state index in [9.17, 15) is 4.79 Å². The van der Waals surface area contributed by atoms with Crippen LogP contribution >= 0.6 is 0 Å². The molecule has 4 nitrogen and oxygen atoms in total. The number of aryl methyl sites for hydroxylation is 1. The maximum Gasteiger partial charge on any atom is 0.427 e. The molecule has 0 saturated heterocycles. The molecule has 1 aromatic carbocycles. The van der Waals surface area contributed by atoms with Gasteiger partial charge in [-0.1, -0.05) is 29.8 Å². The van der Waals surface area contributed by atoms with Crippen LogP contribution < -0.4 is 5.43 Å². The Labute approximate surface area is 88.9 Å². The van der Waals surface area contributed by atoms with Crippen molar-refractivity contribution in [1.82, 2.24) is 5.43 Å². The number of nitrogens with zero attached hydrogens (tertiary/aromatic N) is 1. The van der Waals surface area contributed by atoms with E-state index in [1.165, 1.54) is 0 Å². The van der Waals surface area contributed by atoms with E-state index in [2.05, 4.69) is 15.3 Å². The molecule has 0 atom stereocenters. The summed E-state index contributed by atoms with van der Waals surface area (Å²) in [6, 6.07) is 7.80. The molecule has 1 aromatic rings. The fraction of sp³-hybridized carbons (Fsp3) is 0.273. The standard InChI is InChI=1S/C11H14N2O2/c1-3-15-11(14)13-12-8-10-6-4-5-9(2)7-10/h4-8H,3H2,1-2H3,(H,13,14)/b12-8+. The summed E-state index contributed by atoms with van der Waals surface area (Å²) in [7, 11) is 0. The van der Waals surface area contributed by atoms with Gasteiger partial charge in [-0.2, -0.15) is 5.10 Å². The molecule has 80 valence electrons. The van der Waals surface area contributed by atoms with Crippen LogP contribution in [0.4, 0.5) is 4.79 Å². The van der Waals surface area contributed by atoms with Gasteiger partial charge >= 0.3 is 6.09 Å². The lowest BCUT2D eigenvalue weighted by molar-refractivity contribution is 0.152. The SMILES string of the molecule is CCOC(=O)N/N=C/c1cccc(C)c1. The lowest BCUT2D eigenvalue weighted by Gasteiger charge is -1.99. The van der Waals surface area contributed by atoms with Crippen molar-refractivity contribution in [2.75, 3.05) is 6.61 Å². The van der Waals surface area contributed by atoms with Crippen LogP contribution in [-0.2, 0) is 4.74 Å². The highest BCUT2D eigenvalue weighted by Gasteiger charge is 1.95. The first-order chi connectivity index (χ1) is 7.22. The molecule has 0 aliphatic carbocycles. The minimum absolute atomic E-state index is 0.339. The van der Waals surface area contributed by atoms with Crippen LogP contribution in [0.15, 0.2) is 29.4 Å². The second-order valence-corrected chi connectivity index (χ2v) is 3.00. The lowest BCUT2D eigenvalue weighted by Crippen LogP contribution is -2.18. The maximum absolute atomic E-state index is 10.9. The van der Waals surface area contributed by atoms with Gasteiger partial charge in [0.25, 0.3) is 0 Å². The largest absolute Gasteiger partial charge is 0.449 e. The number of rotatable bonds is 3. The number of hydrogen-bond acceptors (Lipinski definition) is 3. The molecule has 1 amide bonds. The van der Waals surface area contributed by atoms with E-state index in [4.69, 9.17) is 0 Å². The first kappa shape index (κ1) is 11.2. The van der Waals surface area contributed by atoms with Crippen LogP contribution in [0.1, 0.15) is 18.1 Å². The molecule has 0 unspecified atom stereocenters. The lowest BCUT2D eigenvalue weighted by atomic mass is 10.2. The Morgan fingerprint density at radius 1 is 1.60 bits per heavy atom. The minimum atomic E-state index is -0.540. The van der Waals surface area contributed by atoms with Crippen LogP contribution in [0.3, 0.4) is 0 Å². The van der Waals surface area contributed by atoms with E-state index in [-0.39, 0.29) is 0 Å². The summed E-state index contributed by atoms with van der Waals surface area (Å²) < 4.78 is 4.64. The van der Waals surface area contributed by atoms with Gasteiger partial charge in [-0.05, 0) is 19.4 Å². The van der Waals surface area contributed by atoms with Crippen molar-refractivity contribution in [2.24, 2.45) is 5.10 Å². The van der Waals surface area contributed by atoms with Crippen LogP contribution in [0.2, 0.25) is 0 Å². The molecule has 0 aliphatic heterocycles. The van der Waals surface area contributed by atoms with E-state index >= 15 is 0 Å². The van der Waals surface area contributed by atoms with Gasteiger partial charge in [-0.25, -0.2) is 10.2 Å². The summed E-state index contributed by atoms with van der Waals surface area (Å²) in [5, 5.41) is 3.75. The third-order valence-corrected chi connectivity index (χ3v) is 1.69.